The van der Waals surface area contributed by atoms with Crippen molar-refractivity contribution in [2.24, 2.45) is 0 Å². The molecule has 3 rings (SSSR count). The molecule has 152 valence electrons. The van der Waals surface area contributed by atoms with Crippen molar-refractivity contribution in [3.05, 3.63) is 18.2 Å². The molecule has 0 spiro atoms. The maximum Gasteiger partial charge on any atom is 0.306 e. The third kappa shape index (κ3) is 5.20. The van der Waals surface area contributed by atoms with Crippen LogP contribution >= 0.6 is 0 Å². The van der Waals surface area contributed by atoms with Crippen LogP contribution in [-0.2, 0) is 23.9 Å². The minimum Gasteiger partial charge on any atom is -0.481 e. The average Bonchev–Trinajstić information content (AvgIpc) is 2.72. The average molecular weight is 391 g/mol. The molecule has 2 aliphatic rings. The van der Waals surface area contributed by atoms with Gasteiger partial charge in [-0.2, -0.15) is 0 Å². The first-order valence-corrected chi connectivity index (χ1v) is 9.31. The molecule has 0 unspecified atom stereocenters. The summed E-state index contributed by atoms with van der Waals surface area (Å²) in [5, 5.41) is 2.73. The van der Waals surface area contributed by atoms with Gasteiger partial charge in [-0.05, 0) is 12.1 Å². The van der Waals surface area contributed by atoms with Gasteiger partial charge in [-0.3, -0.25) is 19.3 Å². The zero-order valence-corrected chi connectivity index (χ0v) is 15.9. The lowest BCUT2D eigenvalue weighted by Gasteiger charge is -2.33. The highest BCUT2D eigenvalue weighted by Gasteiger charge is 2.26. The van der Waals surface area contributed by atoms with Crippen molar-refractivity contribution in [1.82, 2.24) is 4.90 Å². The lowest BCUT2D eigenvalue weighted by Crippen LogP contribution is -2.45. The highest BCUT2D eigenvalue weighted by Crippen LogP contribution is 2.34. The zero-order valence-electron chi connectivity index (χ0n) is 15.9. The van der Waals surface area contributed by atoms with E-state index in [0.717, 1.165) is 19.6 Å². The van der Waals surface area contributed by atoms with Crippen LogP contribution in [0.4, 0.5) is 11.4 Å². The molecule has 2 amide bonds. The molecule has 1 aromatic carbocycles. The first kappa shape index (κ1) is 20.1. The number of hydrogen-bond donors (Lipinski definition) is 1. The van der Waals surface area contributed by atoms with E-state index in [1.54, 1.807) is 23.1 Å². The van der Waals surface area contributed by atoms with Crippen molar-refractivity contribution in [2.75, 3.05) is 63.3 Å². The molecule has 1 N–H and O–H groups in total. The van der Waals surface area contributed by atoms with Crippen LogP contribution in [0.5, 0.6) is 5.75 Å². The Bertz CT molecular complexity index is 732. The van der Waals surface area contributed by atoms with Gasteiger partial charge in [0.15, 0.2) is 6.61 Å². The van der Waals surface area contributed by atoms with E-state index in [-0.39, 0.29) is 31.3 Å². The summed E-state index contributed by atoms with van der Waals surface area (Å²) >= 11 is 0. The van der Waals surface area contributed by atoms with Crippen molar-refractivity contribution >= 4 is 29.2 Å². The van der Waals surface area contributed by atoms with E-state index in [9.17, 15) is 14.4 Å². The number of nitrogens with one attached hydrogen (secondary N) is 1. The summed E-state index contributed by atoms with van der Waals surface area (Å²) in [6.07, 6.45) is 0.0579. The molecule has 2 heterocycles. The monoisotopic (exact) mass is 391 g/mol. The quantitative estimate of drug-likeness (QED) is 0.681. The van der Waals surface area contributed by atoms with E-state index in [0.29, 0.717) is 36.9 Å². The molecule has 9 heteroatoms. The number of hydrogen-bond acceptors (Lipinski definition) is 7. The minimum absolute atomic E-state index is 0.0214. The van der Waals surface area contributed by atoms with Crippen molar-refractivity contribution in [3.8, 4) is 5.75 Å². The lowest BCUT2D eigenvalue weighted by molar-refractivity contribution is -0.141. The summed E-state index contributed by atoms with van der Waals surface area (Å²) in [5.74, 6) is -0.261. The Balaban J connectivity index is 1.61. The Morgan fingerprint density at radius 3 is 2.71 bits per heavy atom. The number of rotatable bonds is 7. The number of carbonyl (C=O) groups is 3. The molecule has 0 aliphatic carbocycles. The summed E-state index contributed by atoms with van der Waals surface area (Å²) < 4.78 is 15.4. The van der Waals surface area contributed by atoms with Gasteiger partial charge in [0.1, 0.15) is 5.75 Å². The number of ether oxygens (including phenoxy) is 3. The number of benzene rings is 1. The fourth-order valence-electron chi connectivity index (χ4n) is 3.13. The van der Waals surface area contributed by atoms with Gasteiger partial charge in [0, 0.05) is 44.4 Å². The van der Waals surface area contributed by atoms with Crippen molar-refractivity contribution in [2.45, 2.75) is 12.8 Å². The lowest BCUT2D eigenvalue weighted by atomic mass is 10.2. The number of methoxy groups -OCH3 is 1. The van der Waals surface area contributed by atoms with E-state index in [1.807, 2.05) is 0 Å². The van der Waals surface area contributed by atoms with Gasteiger partial charge in [-0.1, -0.05) is 0 Å². The Kier molecular flexibility index (Phi) is 6.83. The first-order valence-electron chi connectivity index (χ1n) is 9.31. The smallest absolute Gasteiger partial charge is 0.306 e. The van der Waals surface area contributed by atoms with Crippen LogP contribution < -0.4 is 15.0 Å². The summed E-state index contributed by atoms with van der Waals surface area (Å²) in [6.45, 7) is 4.46. The van der Waals surface area contributed by atoms with Crippen LogP contribution in [0.25, 0.3) is 0 Å². The number of morpholine rings is 1. The standard InChI is InChI=1S/C19H25N3O6/c1-26-19(25)5-4-17(23)20-14-2-3-15-16(12-14)28-13-18(24)22(15)7-6-21-8-10-27-11-9-21/h2-3,12H,4-11,13H2,1H3,(H,20,23). The number of anilines is 2. The van der Waals surface area contributed by atoms with Gasteiger partial charge < -0.3 is 24.4 Å². The molecule has 0 bridgehead atoms. The Hall–Kier alpha value is -2.65. The summed E-state index contributed by atoms with van der Waals surface area (Å²) in [4.78, 5) is 39.4. The second-order valence-electron chi connectivity index (χ2n) is 6.59. The molecule has 1 aromatic rings. The molecule has 28 heavy (non-hydrogen) atoms. The number of carbonyl (C=O) groups excluding carboxylic acids is 3. The molecule has 2 aliphatic heterocycles. The maximum absolute atomic E-state index is 12.3. The fourth-order valence-corrected chi connectivity index (χ4v) is 3.13. The number of nitrogens with zero attached hydrogens (tertiary/aromatic N) is 2. The van der Waals surface area contributed by atoms with Gasteiger partial charge in [0.05, 0.1) is 32.4 Å². The predicted octanol–water partition coefficient (Wildman–Crippen LogP) is 0.636. The fraction of sp³-hybridized carbons (Fsp3) is 0.526. The molecule has 0 aromatic heterocycles. The second kappa shape index (κ2) is 9.52. The Morgan fingerprint density at radius 2 is 1.96 bits per heavy atom. The van der Waals surface area contributed by atoms with E-state index < -0.39 is 5.97 Å². The Morgan fingerprint density at radius 1 is 1.18 bits per heavy atom. The number of amides is 2. The van der Waals surface area contributed by atoms with Crippen LogP contribution in [0, 0.1) is 0 Å². The van der Waals surface area contributed by atoms with Gasteiger partial charge in [0.25, 0.3) is 5.91 Å². The molecule has 9 nitrogen and oxygen atoms in total. The topological polar surface area (TPSA) is 97.4 Å². The van der Waals surface area contributed by atoms with E-state index in [4.69, 9.17) is 9.47 Å². The van der Waals surface area contributed by atoms with E-state index >= 15 is 0 Å². The molecule has 0 saturated carbocycles. The first-order chi connectivity index (χ1) is 13.6. The SMILES string of the molecule is COC(=O)CCC(=O)Nc1ccc2c(c1)OCC(=O)N2CCN1CCOCC1. The summed E-state index contributed by atoms with van der Waals surface area (Å²) in [6, 6.07) is 5.18. The van der Waals surface area contributed by atoms with Gasteiger partial charge in [-0.15, -0.1) is 0 Å². The van der Waals surface area contributed by atoms with E-state index in [2.05, 4.69) is 15.0 Å². The molecule has 0 atom stereocenters. The van der Waals surface area contributed by atoms with Crippen molar-refractivity contribution in [3.63, 3.8) is 0 Å². The molecule has 1 fully saturated rings. The van der Waals surface area contributed by atoms with E-state index in [1.165, 1.54) is 7.11 Å². The zero-order chi connectivity index (χ0) is 19.9. The number of esters is 1. The normalized spacial score (nSPS) is 16.9. The minimum atomic E-state index is -0.432. The molecule has 1 saturated heterocycles. The highest BCUT2D eigenvalue weighted by molar-refractivity contribution is 5.99. The van der Waals surface area contributed by atoms with Crippen molar-refractivity contribution < 1.29 is 28.6 Å². The van der Waals surface area contributed by atoms with Crippen LogP contribution in [0.3, 0.4) is 0 Å². The Labute approximate surface area is 163 Å². The van der Waals surface area contributed by atoms with Crippen LogP contribution in [-0.4, -0.2) is 75.8 Å². The summed E-state index contributed by atoms with van der Waals surface area (Å²) in [7, 11) is 1.28. The molecular formula is C19H25N3O6. The molecular weight excluding hydrogens is 366 g/mol. The van der Waals surface area contributed by atoms with Crippen LogP contribution in [0.1, 0.15) is 12.8 Å². The molecule has 0 radical (unpaired) electrons. The summed E-state index contributed by atoms with van der Waals surface area (Å²) in [5.41, 5.74) is 1.24. The third-order valence-electron chi connectivity index (χ3n) is 4.71. The van der Waals surface area contributed by atoms with Crippen LogP contribution in [0.2, 0.25) is 0 Å². The number of fused-ring (bicyclic) bond motifs is 1. The van der Waals surface area contributed by atoms with Gasteiger partial charge in [0.2, 0.25) is 5.91 Å². The maximum atomic E-state index is 12.3. The van der Waals surface area contributed by atoms with Gasteiger partial charge in [-0.25, -0.2) is 0 Å². The second-order valence-corrected chi connectivity index (χ2v) is 6.59. The highest BCUT2D eigenvalue weighted by atomic mass is 16.5. The predicted molar refractivity (Wildman–Crippen MR) is 101 cm³/mol. The third-order valence-corrected chi connectivity index (χ3v) is 4.71. The van der Waals surface area contributed by atoms with Crippen LogP contribution in [0.15, 0.2) is 18.2 Å². The largest absolute Gasteiger partial charge is 0.481 e. The van der Waals surface area contributed by atoms with Gasteiger partial charge >= 0.3 is 5.97 Å². The van der Waals surface area contributed by atoms with Crippen molar-refractivity contribution in [1.29, 1.82) is 0 Å².